The van der Waals surface area contributed by atoms with Gasteiger partial charge in [0.2, 0.25) is 16.1 Å². The zero-order valence-electron chi connectivity index (χ0n) is 10.1. The summed E-state index contributed by atoms with van der Waals surface area (Å²) >= 11 is 0. The first-order chi connectivity index (χ1) is 9.04. The molecule has 1 aromatic rings. The Morgan fingerprint density at radius 3 is 2.63 bits per heavy atom. The summed E-state index contributed by atoms with van der Waals surface area (Å²) < 4.78 is 38.7. The summed E-state index contributed by atoms with van der Waals surface area (Å²) in [4.78, 5) is 13.9. The molecular weight excluding hydrogens is 271 g/mol. The van der Waals surface area contributed by atoms with Gasteiger partial charge in [0, 0.05) is 13.1 Å². The van der Waals surface area contributed by atoms with E-state index in [4.69, 9.17) is 0 Å². The standard InChI is InChI=1S/C12H13FN2O3S/c13-10-3-5-12(6-4-10)19(17,18)15-7-1-2-11(8-15)14-9-16/h3-6,11H,1-2,7-8H2. The molecule has 1 unspecified atom stereocenters. The number of halogens is 1. The van der Waals surface area contributed by atoms with Crippen molar-refractivity contribution in [3.63, 3.8) is 0 Å². The molecule has 1 aliphatic rings. The molecule has 7 heteroatoms. The van der Waals surface area contributed by atoms with Crippen molar-refractivity contribution in [2.24, 2.45) is 4.99 Å². The molecule has 1 saturated heterocycles. The number of hydrogen-bond donors (Lipinski definition) is 0. The van der Waals surface area contributed by atoms with E-state index in [0.29, 0.717) is 19.4 Å². The topological polar surface area (TPSA) is 66.8 Å². The Morgan fingerprint density at radius 1 is 1.32 bits per heavy atom. The molecule has 0 aromatic heterocycles. The minimum Gasteiger partial charge on any atom is -0.211 e. The van der Waals surface area contributed by atoms with E-state index >= 15 is 0 Å². The highest BCUT2D eigenvalue weighted by Gasteiger charge is 2.30. The van der Waals surface area contributed by atoms with Crippen molar-refractivity contribution in [3.05, 3.63) is 30.1 Å². The fraction of sp³-hybridized carbons (Fsp3) is 0.417. The zero-order valence-corrected chi connectivity index (χ0v) is 10.9. The van der Waals surface area contributed by atoms with Crippen molar-refractivity contribution in [2.45, 2.75) is 23.8 Å². The maximum absolute atomic E-state index is 12.8. The van der Waals surface area contributed by atoms with E-state index < -0.39 is 15.8 Å². The largest absolute Gasteiger partial charge is 0.243 e. The van der Waals surface area contributed by atoms with Gasteiger partial charge >= 0.3 is 0 Å². The van der Waals surface area contributed by atoms with Gasteiger partial charge in [0.1, 0.15) is 5.82 Å². The first kappa shape index (κ1) is 13.9. The summed E-state index contributed by atoms with van der Waals surface area (Å²) in [6, 6.07) is 4.34. The number of benzene rings is 1. The van der Waals surface area contributed by atoms with Crippen molar-refractivity contribution in [1.29, 1.82) is 0 Å². The minimum absolute atomic E-state index is 0.0460. The van der Waals surface area contributed by atoms with Gasteiger partial charge in [-0.05, 0) is 37.1 Å². The van der Waals surface area contributed by atoms with Gasteiger partial charge in [0.15, 0.2) is 0 Å². The monoisotopic (exact) mass is 284 g/mol. The fourth-order valence-corrected chi connectivity index (χ4v) is 3.59. The van der Waals surface area contributed by atoms with Crippen molar-refractivity contribution >= 4 is 16.1 Å². The second-order valence-electron chi connectivity index (χ2n) is 4.33. The fourth-order valence-electron chi connectivity index (χ4n) is 2.07. The molecule has 0 N–H and O–H groups in total. The van der Waals surface area contributed by atoms with Crippen LogP contribution in [0.5, 0.6) is 0 Å². The van der Waals surface area contributed by atoms with Crippen LogP contribution in [0, 0.1) is 5.82 Å². The van der Waals surface area contributed by atoms with Crippen LogP contribution in [0.3, 0.4) is 0 Å². The number of hydrogen-bond acceptors (Lipinski definition) is 4. The third kappa shape index (κ3) is 3.07. The molecule has 0 bridgehead atoms. The summed E-state index contributed by atoms with van der Waals surface area (Å²) in [5, 5.41) is 0. The van der Waals surface area contributed by atoms with Gasteiger partial charge in [0.25, 0.3) is 0 Å². The average molecular weight is 284 g/mol. The van der Waals surface area contributed by atoms with Crippen LogP contribution in [0.15, 0.2) is 34.2 Å². The molecule has 0 saturated carbocycles. The smallest absolute Gasteiger partial charge is 0.211 e. The number of carbonyl (C=O) groups excluding carboxylic acids is 1. The number of sulfonamides is 1. The lowest BCUT2D eigenvalue weighted by Crippen LogP contribution is -2.41. The van der Waals surface area contributed by atoms with Gasteiger partial charge in [-0.3, -0.25) is 0 Å². The molecule has 19 heavy (non-hydrogen) atoms. The molecule has 102 valence electrons. The molecule has 1 heterocycles. The first-order valence-corrected chi connectivity index (χ1v) is 7.31. The van der Waals surface area contributed by atoms with Gasteiger partial charge in [-0.1, -0.05) is 0 Å². The lowest BCUT2D eigenvalue weighted by molar-refractivity contribution is 0.316. The number of rotatable bonds is 3. The second-order valence-corrected chi connectivity index (χ2v) is 6.27. The normalized spacial score (nSPS) is 20.8. The molecule has 1 fully saturated rings. The molecule has 2 rings (SSSR count). The Bertz CT molecular complexity index is 594. The predicted octanol–water partition coefficient (Wildman–Crippen LogP) is 1.31. The van der Waals surface area contributed by atoms with Crippen LogP contribution in [0.1, 0.15) is 12.8 Å². The van der Waals surface area contributed by atoms with Crippen molar-refractivity contribution < 1.29 is 17.6 Å². The summed E-state index contributed by atoms with van der Waals surface area (Å²) in [5.41, 5.74) is 0. The van der Waals surface area contributed by atoms with Crippen LogP contribution < -0.4 is 0 Å². The Kier molecular flexibility index (Phi) is 4.09. The molecule has 0 radical (unpaired) electrons. The first-order valence-electron chi connectivity index (χ1n) is 5.87. The molecule has 0 amide bonds. The summed E-state index contributed by atoms with van der Waals surface area (Å²) in [6.07, 6.45) is 2.77. The lowest BCUT2D eigenvalue weighted by Gasteiger charge is -2.29. The van der Waals surface area contributed by atoms with Crippen LogP contribution in [-0.4, -0.2) is 37.9 Å². The maximum atomic E-state index is 12.8. The molecule has 5 nitrogen and oxygen atoms in total. The number of aliphatic imine (C=N–C) groups is 1. The molecule has 0 spiro atoms. The van der Waals surface area contributed by atoms with Gasteiger partial charge < -0.3 is 0 Å². The zero-order chi connectivity index (χ0) is 13.9. The minimum atomic E-state index is -3.65. The van der Waals surface area contributed by atoms with Crippen LogP contribution in [0.2, 0.25) is 0 Å². The highest BCUT2D eigenvalue weighted by molar-refractivity contribution is 7.89. The molecule has 1 atom stereocenters. The van der Waals surface area contributed by atoms with Crippen molar-refractivity contribution in [3.8, 4) is 0 Å². The lowest BCUT2D eigenvalue weighted by atomic mass is 10.1. The maximum Gasteiger partial charge on any atom is 0.243 e. The quantitative estimate of drug-likeness (QED) is 0.621. The third-order valence-electron chi connectivity index (χ3n) is 3.05. The highest BCUT2D eigenvalue weighted by Crippen LogP contribution is 2.22. The molecular formula is C12H13FN2O3S. The third-order valence-corrected chi connectivity index (χ3v) is 4.93. The summed E-state index contributed by atoms with van der Waals surface area (Å²) in [6.45, 7) is 0.541. The molecule has 1 aromatic carbocycles. The van der Waals surface area contributed by atoms with E-state index in [2.05, 4.69) is 4.99 Å². The van der Waals surface area contributed by atoms with Crippen molar-refractivity contribution in [2.75, 3.05) is 13.1 Å². The predicted molar refractivity (Wildman–Crippen MR) is 66.3 cm³/mol. The van der Waals surface area contributed by atoms with E-state index in [1.54, 1.807) is 0 Å². The highest BCUT2D eigenvalue weighted by atomic mass is 32.2. The van der Waals surface area contributed by atoms with Crippen LogP contribution in [-0.2, 0) is 14.8 Å². The van der Waals surface area contributed by atoms with E-state index in [-0.39, 0.29) is 17.5 Å². The van der Waals surface area contributed by atoms with E-state index in [9.17, 15) is 17.6 Å². The average Bonchev–Trinajstić information content (AvgIpc) is 2.40. The van der Waals surface area contributed by atoms with Crippen molar-refractivity contribution in [1.82, 2.24) is 4.31 Å². The Morgan fingerprint density at radius 2 is 2.00 bits per heavy atom. The van der Waals surface area contributed by atoms with Gasteiger partial charge in [-0.25, -0.2) is 22.6 Å². The van der Waals surface area contributed by atoms with E-state index in [1.165, 1.54) is 22.5 Å². The van der Waals surface area contributed by atoms with Gasteiger partial charge in [-0.2, -0.15) is 4.31 Å². The number of nitrogens with zero attached hydrogens (tertiary/aromatic N) is 2. The van der Waals surface area contributed by atoms with Crippen LogP contribution in [0.4, 0.5) is 4.39 Å². The van der Waals surface area contributed by atoms with E-state index in [0.717, 1.165) is 12.1 Å². The SMILES string of the molecule is O=C=NC1CCCN(S(=O)(=O)c2ccc(F)cc2)C1. The number of isocyanates is 1. The second kappa shape index (κ2) is 5.61. The summed E-state index contributed by atoms with van der Waals surface area (Å²) in [7, 11) is -3.65. The number of piperidine rings is 1. The van der Waals surface area contributed by atoms with Gasteiger partial charge in [-0.15, -0.1) is 0 Å². The van der Waals surface area contributed by atoms with Crippen LogP contribution >= 0.6 is 0 Å². The summed E-state index contributed by atoms with van der Waals surface area (Å²) in [5.74, 6) is -0.485. The molecule has 1 aliphatic heterocycles. The Balaban J connectivity index is 2.24. The molecule has 0 aliphatic carbocycles. The van der Waals surface area contributed by atoms with Gasteiger partial charge in [0.05, 0.1) is 10.9 Å². The Hall–Kier alpha value is -1.56. The van der Waals surface area contributed by atoms with Crippen LogP contribution in [0.25, 0.3) is 0 Å². The van der Waals surface area contributed by atoms with E-state index in [1.807, 2.05) is 0 Å². The Labute approximate surface area is 110 Å².